The van der Waals surface area contributed by atoms with Crippen LogP contribution in [0.25, 0.3) is 0 Å². The summed E-state index contributed by atoms with van der Waals surface area (Å²) in [5.74, 6) is 0.0325. The molecule has 0 amide bonds. The highest BCUT2D eigenvalue weighted by Gasteiger charge is 2.14. The van der Waals surface area contributed by atoms with Crippen molar-refractivity contribution in [1.29, 1.82) is 0 Å². The number of nitrogens with zero attached hydrogens (tertiary/aromatic N) is 1. The van der Waals surface area contributed by atoms with Crippen molar-refractivity contribution in [3.05, 3.63) is 53.9 Å². The number of anilines is 1. The normalized spacial score (nSPS) is 12.4. The standard InChI is InChI=1S/C13H12F2N2O2/c14-13(15)19-9-3-1-8(2-4-9)12(18)10-7-17-6-5-11(10)16/h1-7,12-13,18H,(H2,16,17). The Morgan fingerprint density at radius 2 is 1.84 bits per heavy atom. The number of nitrogen functional groups attached to an aromatic ring is 1. The van der Waals surface area contributed by atoms with Crippen LogP contribution in [0.2, 0.25) is 0 Å². The molecule has 2 aromatic rings. The summed E-state index contributed by atoms with van der Waals surface area (Å²) in [6.07, 6.45) is 2.02. The predicted octanol–water partition coefficient (Wildman–Crippen LogP) is 2.35. The van der Waals surface area contributed by atoms with Gasteiger partial charge >= 0.3 is 6.61 Å². The van der Waals surface area contributed by atoms with Gasteiger partial charge in [0.25, 0.3) is 0 Å². The molecule has 100 valence electrons. The molecule has 6 heteroatoms. The van der Waals surface area contributed by atoms with Gasteiger partial charge in [-0.05, 0) is 23.8 Å². The summed E-state index contributed by atoms with van der Waals surface area (Å²) in [5, 5.41) is 10.1. The minimum atomic E-state index is -2.87. The molecule has 1 aromatic carbocycles. The van der Waals surface area contributed by atoms with Gasteiger partial charge in [-0.2, -0.15) is 8.78 Å². The van der Waals surface area contributed by atoms with Crippen LogP contribution < -0.4 is 10.5 Å². The van der Waals surface area contributed by atoms with Gasteiger partial charge in [0.05, 0.1) is 0 Å². The average molecular weight is 266 g/mol. The van der Waals surface area contributed by atoms with Crippen molar-refractivity contribution in [1.82, 2.24) is 4.98 Å². The zero-order valence-corrected chi connectivity index (χ0v) is 9.83. The van der Waals surface area contributed by atoms with Crippen molar-refractivity contribution in [3.8, 4) is 5.75 Å². The number of pyridine rings is 1. The number of nitrogens with two attached hydrogens (primary N) is 1. The van der Waals surface area contributed by atoms with E-state index < -0.39 is 12.7 Å². The van der Waals surface area contributed by atoms with Crippen LogP contribution >= 0.6 is 0 Å². The predicted molar refractivity (Wildman–Crippen MR) is 65.8 cm³/mol. The Morgan fingerprint density at radius 3 is 2.42 bits per heavy atom. The number of aliphatic hydroxyl groups excluding tert-OH is 1. The molecule has 0 saturated carbocycles. The molecule has 0 fully saturated rings. The van der Waals surface area contributed by atoms with Crippen LogP contribution in [0.4, 0.5) is 14.5 Å². The Labute approximate surface area is 108 Å². The molecule has 1 aromatic heterocycles. The fourth-order valence-corrected chi connectivity index (χ4v) is 1.66. The monoisotopic (exact) mass is 266 g/mol. The maximum atomic E-state index is 12.0. The van der Waals surface area contributed by atoms with Crippen molar-refractivity contribution >= 4 is 5.69 Å². The molecule has 1 atom stereocenters. The summed E-state index contributed by atoms with van der Waals surface area (Å²) < 4.78 is 28.2. The molecule has 3 N–H and O–H groups in total. The van der Waals surface area contributed by atoms with E-state index in [1.165, 1.54) is 36.7 Å². The number of rotatable bonds is 4. The summed E-state index contributed by atoms with van der Waals surface area (Å²) in [7, 11) is 0. The molecular formula is C13H12F2N2O2. The highest BCUT2D eigenvalue weighted by molar-refractivity contribution is 5.49. The number of halogens is 2. The number of benzene rings is 1. The van der Waals surface area contributed by atoms with Crippen LogP contribution in [0, 0.1) is 0 Å². The van der Waals surface area contributed by atoms with Gasteiger partial charge in [0.2, 0.25) is 0 Å². The lowest BCUT2D eigenvalue weighted by molar-refractivity contribution is -0.0498. The Bertz CT molecular complexity index is 547. The number of aliphatic hydroxyl groups is 1. The van der Waals surface area contributed by atoms with Gasteiger partial charge in [-0.3, -0.25) is 4.98 Å². The van der Waals surface area contributed by atoms with E-state index >= 15 is 0 Å². The molecule has 0 aliphatic carbocycles. The van der Waals surface area contributed by atoms with E-state index in [2.05, 4.69) is 9.72 Å². The first-order valence-corrected chi connectivity index (χ1v) is 5.50. The smallest absolute Gasteiger partial charge is 0.387 e. The summed E-state index contributed by atoms with van der Waals surface area (Å²) in [4.78, 5) is 3.89. The first-order valence-electron chi connectivity index (χ1n) is 5.50. The molecule has 0 aliphatic heterocycles. The molecule has 0 bridgehead atoms. The largest absolute Gasteiger partial charge is 0.435 e. The van der Waals surface area contributed by atoms with Crippen LogP contribution in [-0.2, 0) is 0 Å². The van der Waals surface area contributed by atoms with E-state index in [1.807, 2.05) is 0 Å². The maximum absolute atomic E-state index is 12.0. The van der Waals surface area contributed by atoms with Gasteiger partial charge in [-0.15, -0.1) is 0 Å². The fraction of sp³-hybridized carbons (Fsp3) is 0.154. The van der Waals surface area contributed by atoms with E-state index in [4.69, 9.17) is 5.73 Å². The second-order valence-corrected chi connectivity index (χ2v) is 3.85. The third-order valence-corrected chi connectivity index (χ3v) is 2.60. The number of aromatic nitrogens is 1. The highest BCUT2D eigenvalue weighted by Crippen LogP contribution is 2.27. The molecule has 1 heterocycles. The van der Waals surface area contributed by atoms with E-state index in [0.29, 0.717) is 16.8 Å². The molecular weight excluding hydrogens is 254 g/mol. The minimum absolute atomic E-state index is 0.0325. The lowest BCUT2D eigenvalue weighted by atomic mass is 10.0. The minimum Gasteiger partial charge on any atom is -0.435 e. The zero-order valence-electron chi connectivity index (χ0n) is 9.83. The second-order valence-electron chi connectivity index (χ2n) is 3.85. The first kappa shape index (κ1) is 13.2. The van der Waals surface area contributed by atoms with Gasteiger partial charge in [-0.1, -0.05) is 12.1 Å². The van der Waals surface area contributed by atoms with Crippen molar-refractivity contribution in [2.24, 2.45) is 0 Å². The maximum Gasteiger partial charge on any atom is 0.387 e. The second kappa shape index (κ2) is 5.62. The highest BCUT2D eigenvalue weighted by atomic mass is 19.3. The Hall–Kier alpha value is -2.21. The van der Waals surface area contributed by atoms with Gasteiger partial charge in [0.15, 0.2) is 0 Å². The van der Waals surface area contributed by atoms with Gasteiger partial charge in [0.1, 0.15) is 11.9 Å². The third-order valence-electron chi connectivity index (χ3n) is 2.60. The number of hydrogen-bond donors (Lipinski definition) is 2. The number of hydrogen-bond acceptors (Lipinski definition) is 4. The lowest BCUT2D eigenvalue weighted by Crippen LogP contribution is -2.05. The Morgan fingerprint density at radius 1 is 1.16 bits per heavy atom. The van der Waals surface area contributed by atoms with Gasteiger partial charge in [0, 0.05) is 23.6 Å². The fourth-order valence-electron chi connectivity index (χ4n) is 1.66. The van der Waals surface area contributed by atoms with Gasteiger partial charge in [-0.25, -0.2) is 0 Å². The molecule has 1 unspecified atom stereocenters. The first-order chi connectivity index (χ1) is 9.08. The van der Waals surface area contributed by atoms with Crippen LogP contribution in [-0.4, -0.2) is 16.7 Å². The van der Waals surface area contributed by atoms with Gasteiger partial charge < -0.3 is 15.6 Å². The molecule has 19 heavy (non-hydrogen) atoms. The van der Waals surface area contributed by atoms with E-state index in [1.54, 1.807) is 6.07 Å². The topological polar surface area (TPSA) is 68.4 Å². The van der Waals surface area contributed by atoms with Crippen molar-refractivity contribution in [2.75, 3.05) is 5.73 Å². The molecule has 0 aliphatic rings. The summed E-state index contributed by atoms with van der Waals surface area (Å²) in [6.45, 7) is -2.87. The summed E-state index contributed by atoms with van der Waals surface area (Å²) >= 11 is 0. The van der Waals surface area contributed by atoms with Crippen molar-refractivity contribution < 1.29 is 18.6 Å². The summed E-state index contributed by atoms with van der Waals surface area (Å²) in [5.41, 5.74) is 7.12. The van der Waals surface area contributed by atoms with Crippen LogP contribution in [0.1, 0.15) is 17.2 Å². The molecule has 0 radical (unpaired) electrons. The average Bonchev–Trinajstić information content (AvgIpc) is 2.39. The Balaban J connectivity index is 2.20. The molecule has 4 nitrogen and oxygen atoms in total. The number of ether oxygens (including phenoxy) is 1. The van der Waals surface area contributed by atoms with E-state index in [9.17, 15) is 13.9 Å². The van der Waals surface area contributed by atoms with Crippen LogP contribution in [0.3, 0.4) is 0 Å². The third kappa shape index (κ3) is 3.17. The molecule has 2 rings (SSSR count). The van der Waals surface area contributed by atoms with Crippen LogP contribution in [0.15, 0.2) is 42.7 Å². The van der Waals surface area contributed by atoms with E-state index in [-0.39, 0.29) is 5.75 Å². The van der Waals surface area contributed by atoms with E-state index in [0.717, 1.165) is 0 Å². The quantitative estimate of drug-likeness (QED) is 0.891. The molecule has 0 spiro atoms. The lowest BCUT2D eigenvalue weighted by Gasteiger charge is -2.13. The summed E-state index contributed by atoms with van der Waals surface area (Å²) in [6, 6.07) is 7.28. The molecule has 0 saturated heterocycles. The Kier molecular flexibility index (Phi) is 3.91. The number of alkyl halides is 2. The van der Waals surface area contributed by atoms with Crippen molar-refractivity contribution in [2.45, 2.75) is 12.7 Å². The van der Waals surface area contributed by atoms with Crippen LogP contribution in [0.5, 0.6) is 5.75 Å². The zero-order chi connectivity index (χ0) is 13.8. The SMILES string of the molecule is Nc1ccncc1C(O)c1ccc(OC(F)F)cc1. The van der Waals surface area contributed by atoms with Crippen molar-refractivity contribution in [3.63, 3.8) is 0 Å².